The minimum Gasteiger partial charge on any atom is -0.507 e. The van der Waals surface area contributed by atoms with Crippen LogP contribution >= 0.6 is 11.6 Å². The highest BCUT2D eigenvalue weighted by Crippen LogP contribution is 2.40. The van der Waals surface area contributed by atoms with Gasteiger partial charge in [0.15, 0.2) is 0 Å². The van der Waals surface area contributed by atoms with E-state index in [1.807, 2.05) is 32.8 Å². The number of nitrogens with zero attached hydrogens (tertiary/aromatic N) is 2. The number of amides is 1. The number of rotatable bonds is 8. The summed E-state index contributed by atoms with van der Waals surface area (Å²) in [7, 11) is 3.80. The molecule has 1 unspecified atom stereocenters. The van der Waals surface area contributed by atoms with Crippen molar-refractivity contribution in [1.29, 1.82) is 0 Å². The lowest BCUT2D eigenvalue weighted by Crippen LogP contribution is -2.35. The molecule has 1 amide bonds. The smallest absolute Gasteiger partial charge is 0.295 e. The molecule has 1 aliphatic rings. The number of Topliss-reactive ketones (excluding diaryl/α,β-unsaturated/α-hetero) is 1. The molecule has 7 heteroatoms. The molecule has 0 bridgehead atoms. The van der Waals surface area contributed by atoms with Crippen LogP contribution in [0.2, 0.25) is 5.02 Å². The lowest BCUT2D eigenvalue weighted by Gasteiger charge is -2.26. The van der Waals surface area contributed by atoms with Crippen LogP contribution in [0.15, 0.2) is 48.0 Å². The third-order valence-corrected chi connectivity index (χ3v) is 5.68. The Bertz CT molecular complexity index is 1030. The van der Waals surface area contributed by atoms with E-state index in [2.05, 4.69) is 0 Å². The number of aryl methyl sites for hydroxylation is 1. The number of ether oxygens (including phenoxy) is 1. The molecule has 1 atom stereocenters. The summed E-state index contributed by atoms with van der Waals surface area (Å²) >= 11 is 6.05. The summed E-state index contributed by atoms with van der Waals surface area (Å²) in [4.78, 5) is 29.4. The molecular weight excluding hydrogens is 428 g/mol. The number of carbonyl (C=O) groups is 2. The Kier molecular flexibility index (Phi) is 7.59. The summed E-state index contributed by atoms with van der Waals surface area (Å²) < 4.78 is 5.71. The Hall–Kier alpha value is -2.83. The molecule has 3 rings (SSSR count). The summed E-state index contributed by atoms with van der Waals surface area (Å²) in [5, 5.41) is 11.7. The third kappa shape index (κ3) is 4.97. The molecule has 0 aromatic heterocycles. The molecule has 0 radical (unpaired) electrons. The highest BCUT2D eigenvalue weighted by Gasteiger charge is 2.45. The lowest BCUT2D eigenvalue weighted by molar-refractivity contribution is -0.140. The molecule has 1 fully saturated rings. The fourth-order valence-electron chi connectivity index (χ4n) is 3.74. The molecule has 2 aromatic carbocycles. The second kappa shape index (κ2) is 10.2. The number of likely N-dealkylation sites (tertiary alicyclic amines) is 1. The largest absolute Gasteiger partial charge is 0.507 e. The molecule has 1 saturated heterocycles. The zero-order valence-electron chi connectivity index (χ0n) is 18.9. The van der Waals surface area contributed by atoms with Gasteiger partial charge in [0, 0.05) is 23.7 Å². The lowest BCUT2D eigenvalue weighted by atomic mass is 9.95. The second-order valence-corrected chi connectivity index (χ2v) is 8.61. The SMILES string of the molecule is CCCOc1ccc(/C(O)=C2\C(=O)C(=O)N(CCN(C)C)C2c2ccc(Cl)cc2)cc1C. The van der Waals surface area contributed by atoms with E-state index in [-0.39, 0.29) is 11.3 Å². The van der Waals surface area contributed by atoms with E-state index in [4.69, 9.17) is 16.3 Å². The number of hydrogen-bond donors (Lipinski definition) is 1. The summed E-state index contributed by atoms with van der Waals surface area (Å²) in [5.74, 6) is -0.775. The number of benzene rings is 2. The fraction of sp³-hybridized carbons (Fsp3) is 0.360. The van der Waals surface area contributed by atoms with Gasteiger partial charge in [0.25, 0.3) is 11.7 Å². The number of likely N-dealkylation sites (N-methyl/N-ethyl adjacent to an activating group) is 1. The average molecular weight is 457 g/mol. The number of carbonyl (C=O) groups excluding carboxylic acids is 2. The number of aliphatic hydroxyl groups is 1. The van der Waals surface area contributed by atoms with Crippen LogP contribution in [0.1, 0.15) is 36.1 Å². The van der Waals surface area contributed by atoms with Crippen LogP contribution in [-0.4, -0.2) is 60.4 Å². The summed E-state index contributed by atoms with van der Waals surface area (Å²) in [6.45, 7) is 5.44. The van der Waals surface area contributed by atoms with Crippen molar-refractivity contribution in [2.45, 2.75) is 26.3 Å². The predicted molar refractivity (Wildman–Crippen MR) is 126 cm³/mol. The second-order valence-electron chi connectivity index (χ2n) is 8.18. The van der Waals surface area contributed by atoms with Crippen LogP contribution in [0.4, 0.5) is 0 Å². The number of hydrogen-bond acceptors (Lipinski definition) is 5. The molecule has 1 heterocycles. The normalized spacial score (nSPS) is 17.9. The Balaban J connectivity index is 2.09. The van der Waals surface area contributed by atoms with Crippen molar-refractivity contribution in [2.75, 3.05) is 33.8 Å². The first-order valence-electron chi connectivity index (χ1n) is 10.7. The fourth-order valence-corrected chi connectivity index (χ4v) is 3.86. The summed E-state index contributed by atoms with van der Waals surface area (Å²) in [6, 6.07) is 11.6. The molecule has 0 spiro atoms. The van der Waals surface area contributed by atoms with Gasteiger partial charge < -0.3 is 19.6 Å². The van der Waals surface area contributed by atoms with E-state index in [0.29, 0.717) is 35.8 Å². The van der Waals surface area contributed by atoms with E-state index in [9.17, 15) is 14.7 Å². The topological polar surface area (TPSA) is 70.1 Å². The maximum absolute atomic E-state index is 13.0. The van der Waals surface area contributed by atoms with Gasteiger partial charge in [-0.1, -0.05) is 30.7 Å². The zero-order chi connectivity index (χ0) is 23.4. The molecular formula is C25H29ClN2O4. The van der Waals surface area contributed by atoms with E-state index < -0.39 is 17.7 Å². The van der Waals surface area contributed by atoms with Crippen LogP contribution in [0.25, 0.3) is 5.76 Å². The highest BCUT2D eigenvalue weighted by atomic mass is 35.5. The first-order valence-corrected chi connectivity index (χ1v) is 11.0. The Labute approximate surface area is 194 Å². The van der Waals surface area contributed by atoms with E-state index in [0.717, 1.165) is 17.7 Å². The number of ketones is 1. The van der Waals surface area contributed by atoms with E-state index in [1.54, 1.807) is 42.5 Å². The van der Waals surface area contributed by atoms with Crippen molar-refractivity contribution in [1.82, 2.24) is 9.80 Å². The molecule has 170 valence electrons. The van der Waals surface area contributed by atoms with E-state index in [1.165, 1.54) is 4.90 Å². The van der Waals surface area contributed by atoms with Crippen molar-refractivity contribution in [3.05, 3.63) is 69.8 Å². The molecule has 32 heavy (non-hydrogen) atoms. The highest BCUT2D eigenvalue weighted by molar-refractivity contribution is 6.46. The molecule has 1 N–H and O–H groups in total. The first kappa shape index (κ1) is 23.8. The molecule has 0 aliphatic carbocycles. The minimum atomic E-state index is -0.691. The average Bonchev–Trinajstić information content (AvgIpc) is 3.01. The molecule has 6 nitrogen and oxygen atoms in total. The van der Waals surface area contributed by atoms with Gasteiger partial charge >= 0.3 is 0 Å². The van der Waals surface area contributed by atoms with Gasteiger partial charge in [-0.05, 0) is 68.9 Å². The zero-order valence-corrected chi connectivity index (χ0v) is 19.6. The van der Waals surface area contributed by atoms with Gasteiger partial charge in [-0.3, -0.25) is 9.59 Å². The summed E-state index contributed by atoms with van der Waals surface area (Å²) in [6.07, 6.45) is 0.888. The van der Waals surface area contributed by atoms with Crippen molar-refractivity contribution in [3.8, 4) is 5.75 Å². The van der Waals surface area contributed by atoms with Gasteiger partial charge in [-0.15, -0.1) is 0 Å². The summed E-state index contributed by atoms with van der Waals surface area (Å²) in [5.41, 5.74) is 2.11. The standard InChI is InChI=1S/C25H29ClN2O4/c1-5-14-32-20-11-8-18(15-16(20)2)23(29)21-22(17-6-9-19(26)10-7-17)28(13-12-27(3)4)25(31)24(21)30/h6-11,15,22,29H,5,12-14H2,1-4H3/b23-21+. The van der Waals surface area contributed by atoms with Crippen LogP contribution in [0.5, 0.6) is 5.75 Å². The number of halogens is 1. The van der Waals surface area contributed by atoms with Gasteiger partial charge in [0.2, 0.25) is 0 Å². The molecule has 0 saturated carbocycles. The van der Waals surface area contributed by atoms with Gasteiger partial charge in [-0.25, -0.2) is 0 Å². The monoisotopic (exact) mass is 456 g/mol. The van der Waals surface area contributed by atoms with Gasteiger partial charge in [-0.2, -0.15) is 0 Å². The Morgan fingerprint density at radius 1 is 1.16 bits per heavy atom. The van der Waals surface area contributed by atoms with Gasteiger partial charge in [0.05, 0.1) is 18.2 Å². The van der Waals surface area contributed by atoms with Crippen LogP contribution < -0.4 is 4.74 Å². The van der Waals surface area contributed by atoms with Crippen molar-refractivity contribution in [3.63, 3.8) is 0 Å². The Morgan fingerprint density at radius 3 is 2.44 bits per heavy atom. The van der Waals surface area contributed by atoms with Crippen molar-refractivity contribution in [2.24, 2.45) is 0 Å². The minimum absolute atomic E-state index is 0.0812. The van der Waals surface area contributed by atoms with Gasteiger partial charge in [0.1, 0.15) is 11.5 Å². The van der Waals surface area contributed by atoms with Crippen molar-refractivity contribution >= 4 is 29.1 Å². The Morgan fingerprint density at radius 2 is 1.84 bits per heavy atom. The maximum Gasteiger partial charge on any atom is 0.295 e. The number of aliphatic hydroxyl groups excluding tert-OH is 1. The van der Waals surface area contributed by atoms with Crippen molar-refractivity contribution < 1.29 is 19.4 Å². The molecule has 2 aromatic rings. The van der Waals surface area contributed by atoms with Crippen LogP contribution in [0.3, 0.4) is 0 Å². The third-order valence-electron chi connectivity index (χ3n) is 5.42. The maximum atomic E-state index is 13.0. The van der Waals surface area contributed by atoms with E-state index >= 15 is 0 Å². The quantitative estimate of drug-likeness (QED) is 0.361. The first-order chi connectivity index (χ1) is 15.2. The van der Waals surface area contributed by atoms with Crippen LogP contribution in [-0.2, 0) is 9.59 Å². The predicted octanol–water partition coefficient (Wildman–Crippen LogP) is 4.42. The van der Waals surface area contributed by atoms with Crippen LogP contribution in [0, 0.1) is 6.92 Å². The molecule has 1 aliphatic heterocycles.